The van der Waals surface area contributed by atoms with E-state index in [0.29, 0.717) is 22.7 Å². The van der Waals surface area contributed by atoms with E-state index in [-0.39, 0.29) is 5.91 Å². The van der Waals surface area contributed by atoms with E-state index in [1.165, 1.54) is 24.2 Å². The number of aromatic nitrogens is 1. The Balaban J connectivity index is 1.42. The largest absolute Gasteiger partial charge is 0.377 e. The van der Waals surface area contributed by atoms with Crippen molar-refractivity contribution in [2.75, 3.05) is 17.7 Å². The maximum atomic E-state index is 12.6. The summed E-state index contributed by atoms with van der Waals surface area (Å²) in [6.07, 6.45) is 5.01. The lowest BCUT2D eigenvalue weighted by Gasteiger charge is -2.11. The molecule has 1 saturated carbocycles. The molecule has 1 unspecified atom stereocenters. The monoisotopic (exact) mass is 360 g/mol. The predicted octanol–water partition coefficient (Wildman–Crippen LogP) is 4.54. The standard InChI is InChI=1S/C18H20N2O2S2/c21-17(20-18-19-15(11-24-18)12-7-8-12)14-5-1-2-6-16(14)23-10-13-4-3-9-22-13/h1-2,5-6,11-13H,3-4,7-10H2,(H,19,20,21). The van der Waals surface area contributed by atoms with E-state index >= 15 is 0 Å². The van der Waals surface area contributed by atoms with Crippen LogP contribution in [0.3, 0.4) is 0 Å². The molecule has 1 atom stereocenters. The maximum absolute atomic E-state index is 12.6. The van der Waals surface area contributed by atoms with Crippen LogP contribution in [0, 0.1) is 0 Å². The van der Waals surface area contributed by atoms with Crippen molar-refractivity contribution in [2.45, 2.75) is 42.6 Å². The summed E-state index contributed by atoms with van der Waals surface area (Å²) in [5.41, 5.74) is 1.83. The minimum Gasteiger partial charge on any atom is -0.377 e. The molecule has 2 fully saturated rings. The highest BCUT2D eigenvalue weighted by atomic mass is 32.2. The van der Waals surface area contributed by atoms with Crippen LogP contribution in [-0.2, 0) is 4.74 Å². The van der Waals surface area contributed by atoms with Gasteiger partial charge in [-0.1, -0.05) is 12.1 Å². The molecular formula is C18H20N2O2S2. The quantitative estimate of drug-likeness (QED) is 0.768. The number of rotatable bonds is 6. The fourth-order valence-corrected chi connectivity index (χ4v) is 4.72. The number of nitrogens with zero attached hydrogens (tertiary/aromatic N) is 1. The summed E-state index contributed by atoms with van der Waals surface area (Å²) in [6, 6.07) is 7.76. The second-order valence-corrected chi connectivity index (χ2v) is 8.17. The summed E-state index contributed by atoms with van der Waals surface area (Å²) in [6.45, 7) is 0.862. The lowest BCUT2D eigenvalue weighted by atomic mass is 10.2. The van der Waals surface area contributed by atoms with E-state index in [4.69, 9.17) is 4.74 Å². The van der Waals surface area contributed by atoms with Gasteiger partial charge >= 0.3 is 0 Å². The van der Waals surface area contributed by atoms with Gasteiger partial charge in [0.2, 0.25) is 0 Å². The van der Waals surface area contributed by atoms with Crippen LogP contribution in [0.1, 0.15) is 47.7 Å². The first kappa shape index (κ1) is 16.1. The van der Waals surface area contributed by atoms with Crippen LogP contribution in [0.2, 0.25) is 0 Å². The van der Waals surface area contributed by atoms with Crippen LogP contribution < -0.4 is 5.32 Å². The Hall–Kier alpha value is -1.37. The molecule has 1 aromatic carbocycles. The number of hydrogen-bond acceptors (Lipinski definition) is 5. The van der Waals surface area contributed by atoms with Crippen LogP contribution in [0.15, 0.2) is 34.5 Å². The van der Waals surface area contributed by atoms with Gasteiger partial charge in [-0.2, -0.15) is 0 Å². The van der Waals surface area contributed by atoms with Gasteiger partial charge in [0.1, 0.15) is 0 Å². The van der Waals surface area contributed by atoms with Crippen LogP contribution in [0.4, 0.5) is 5.13 Å². The molecule has 1 aromatic heterocycles. The minimum absolute atomic E-state index is 0.0814. The zero-order valence-electron chi connectivity index (χ0n) is 13.4. The first-order chi connectivity index (χ1) is 11.8. The van der Waals surface area contributed by atoms with Crippen molar-refractivity contribution in [1.29, 1.82) is 0 Å². The first-order valence-corrected chi connectivity index (χ1v) is 10.3. The second kappa shape index (κ2) is 7.25. The number of benzene rings is 1. The SMILES string of the molecule is O=C(Nc1nc(C2CC2)cs1)c1ccccc1SCC1CCCO1. The van der Waals surface area contributed by atoms with Gasteiger partial charge in [0.25, 0.3) is 5.91 Å². The molecule has 1 amide bonds. The number of anilines is 1. The van der Waals surface area contributed by atoms with Crippen molar-refractivity contribution in [3.05, 3.63) is 40.9 Å². The Labute approximate surface area is 150 Å². The molecule has 2 heterocycles. The van der Waals surface area contributed by atoms with E-state index < -0.39 is 0 Å². The summed E-state index contributed by atoms with van der Waals surface area (Å²) in [5, 5.41) is 5.71. The van der Waals surface area contributed by atoms with Crippen molar-refractivity contribution in [3.8, 4) is 0 Å². The third-order valence-electron chi connectivity index (χ3n) is 4.32. The number of carbonyl (C=O) groups is 1. The van der Waals surface area contributed by atoms with Gasteiger partial charge in [-0.15, -0.1) is 23.1 Å². The van der Waals surface area contributed by atoms with Crippen LogP contribution in [-0.4, -0.2) is 29.4 Å². The topological polar surface area (TPSA) is 51.2 Å². The van der Waals surface area contributed by atoms with Gasteiger partial charge in [-0.05, 0) is 37.8 Å². The molecule has 24 heavy (non-hydrogen) atoms. The summed E-state index contributed by atoms with van der Waals surface area (Å²) in [7, 11) is 0. The summed E-state index contributed by atoms with van der Waals surface area (Å²) < 4.78 is 5.67. The minimum atomic E-state index is -0.0814. The molecule has 2 aromatic rings. The molecule has 1 N–H and O–H groups in total. The molecule has 2 aliphatic rings. The van der Waals surface area contributed by atoms with E-state index in [0.717, 1.165) is 35.8 Å². The summed E-state index contributed by atoms with van der Waals surface area (Å²) in [5.74, 6) is 1.43. The van der Waals surface area contributed by atoms with Gasteiger partial charge in [0.05, 0.1) is 17.4 Å². The van der Waals surface area contributed by atoms with E-state index in [1.54, 1.807) is 11.8 Å². The highest BCUT2D eigenvalue weighted by molar-refractivity contribution is 7.99. The van der Waals surface area contributed by atoms with E-state index in [9.17, 15) is 4.79 Å². The Kier molecular flexibility index (Phi) is 4.87. The fraction of sp³-hybridized carbons (Fsp3) is 0.444. The predicted molar refractivity (Wildman–Crippen MR) is 98.2 cm³/mol. The lowest BCUT2D eigenvalue weighted by Crippen LogP contribution is -2.14. The van der Waals surface area contributed by atoms with E-state index in [1.807, 2.05) is 24.3 Å². The second-order valence-electron chi connectivity index (χ2n) is 6.25. The number of hydrogen-bond donors (Lipinski definition) is 1. The highest BCUT2D eigenvalue weighted by Crippen LogP contribution is 2.41. The van der Waals surface area contributed by atoms with Crippen molar-refractivity contribution < 1.29 is 9.53 Å². The zero-order chi connectivity index (χ0) is 16.4. The molecule has 0 bridgehead atoms. The normalized spacial score (nSPS) is 20.2. The molecule has 1 saturated heterocycles. The van der Waals surface area contributed by atoms with Crippen molar-refractivity contribution in [3.63, 3.8) is 0 Å². The molecule has 1 aliphatic carbocycles. The molecule has 4 nitrogen and oxygen atoms in total. The zero-order valence-corrected chi connectivity index (χ0v) is 15.0. The Morgan fingerprint density at radius 3 is 3.00 bits per heavy atom. The molecule has 1 aliphatic heterocycles. The summed E-state index contributed by atoms with van der Waals surface area (Å²) in [4.78, 5) is 18.2. The van der Waals surface area contributed by atoms with Crippen molar-refractivity contribution in [1.82, 2.24) is 4.98 Å². The molecule has 0 spiro atoms. The number of carbonyl (C=O) groups excluding carboxylic acids is 1. The van der Waals surface area contributed by atoms with Crippen molar-refractivity contribution in [2.24, 2.45) is 0 Å². The molecule has 0 radical (unpaired) electrons. The third-order valence-corrected chi connectivity index (χ3v) is 6.30. The first-order valence-electron chi connectivity index (χ1n) is 8.40. The lowest BCUT2D eigenvalue weighted by molar-refractivity contribution is 0.102. The van der Waals surface area contributed by atoms with Crippen LogP contribution in [0.25, 0.3) is 0 Å². The number of thiazole rings is 1. The Morgan fingerprint density at radius 1 is 1.33 bits per heavy atom. The van der Waals surface area contributed by atoms with Crippen LogP contribution >= 0.6 is 23.1 Å². The van der Waals surface area contributed by atoms with Gasteiger partial charge < -0.3 is 4.74 Å². The Bertz CT molecular complexity index is 721. The Morgan fingerprint density at radius 2 is 2.21 bits per heavy atom. The summed E-state index contributed by atoms with van der Waals surface area (Å²) >= 11 is 3.21. The number of amides is 1. The fourth-order valence-electron chi connectivity index (χ4n) is 2.81. The van der Waals surface area contributed by atoms with Gasteiger partial charge in [-0.3, -0.25) is 10.1 Å². The van der Waals surface area contributed by atoms with Crippen LogP contribution in [0.5, 0.6) is 0 Å². The average Bonchev–Trinajstić information content (AvgIpc) is 3.12. The van der Waals surface area contributed by atoms with Gasteiger partial charge in [0, 0.05) is 28.6 Å². The molecule has 4 rings (SSSR count). The average molecular weight is 361 g/mol. The van der Waals surface area contributed by atoms with Crippen molar-refractivity contribution >= 4 is 34.1 Å². The molecular weight excluding hydrogens is 340 g/mol. The number of thioether (sulfide) groups is 1. The van der Waals surface area contributed by atoms with Gasteiger partial charge in [0.15, 0.2) is 5.13 Å². The molecule has 6 heteroatoms. The number of ether oxygens (including phenoxy) is 1. The highest BCUT2D eigenvalue weighted by Gasteiger charge is 2.26. The third kappa shape index (κ3) is 3.82. The maximum Gasteiger partial charge on any atom is 0.258 e. The van der Waals surface area contributed by atoms with Gasteiger partial charge in [-0.25, -0.2) is 4.98 Å². The smallest absolute Gasteiger partial charge is 0.258 e. The number of nitrogens with one attached hydrogen (secondary N) is 1. The van der Waals surface area contributed by atoms with E-state index in [2.05, 4.69) is 15.7 Å². The molecule has 126 valence electrons.